The molecule has 0 unspecified atom stereocenters. The van der Waals surface area contributed by atoms with Crippen LogP contribution in [0.5, 0.6) is 0 Å². The zero-order chi connectivity index (χ0) is 29.4. The molecule has 4 aromatic rings. The van der Waals surface area contributed by atoms with Crippen LogP contribution in [0.3, 0.4) is 0 Å². The van der Waals surface area contributed by atoms with E-state index in [4.69, 9.17) is 43.1 Å². The minimum Gasteiger partial charge on any atom is -0.372 e. The van der Waals surface area contributed by atoms with Gasteiger partial charge in [0.05, 0.1) is 45.2 Å². The lowest BCUT2D eigenvalue weighted by atomic mass is 9.98. The molecule has 2 aromatic heterocycles. The predicted molar refractivity (Wildman–Crippen MR) is 172 cm³/mol. The third kappa shape index (κ3) is 5.69. The number of rotatable bonds is 9. The van der Waals surface area contributed by atoms with Crippen molar-refractivity contribution in [3.63, 3.8) is 0 Å². The van der Waals surface area contributed by atoms with E-state index in [1.54, 1.807) is 12.4 Å². The lowest BCUT2D eigenvalue weighted by molar-refractivity contribution is 0.103. The van der Waals surface area contributed by atoms with E-state index in [0.717, 1.165) is 96.4 Å². The Hall–Kier alpha value is -3.30. The second kappa shape index (κ2) is 12.1. The number of nitrogens with one attached hydrogen (secondary N) is 2. The molecule has 4 heterocycles. The number of hydrogen-bond donors (Lipinski definition) is 2. The van der Waals surface area contributed by atoms with E-state index in [1.807, 2.05) is 50.5 Å². The molecule has 2 fully saturated rings. The summed E-state index contributed by atoms with van der Waals surface area (Å²) < 4.78 is 0. The fraction of sp³-hybridized carbons (Fsp3) is 0.375. The first-order valence-corrected chi connectivity index (χ1v) is 15.2. The van der Waals surface area contributed by atoms with Gasteiger partial charge in [-0.2, -0.15) is 0 Å². The number of benzene rings is 2. The summed E-state index contributed by atoms with van der Waals surface area (Å²) in [5, 5.41) is 7.57. The molecule has 2 aliphatic heterocycles. The van der Waals surface area contributed by atoms with E-state index in [0.29, 0.717) is 21.4 Å². The van der Waals surface area contributed by atoms with Gasteiger partial charge in [-0.05, 0) is 11.8 Å². The molecule has 0 radical (unpaired) electrons. The normalized spacial score (nSPS) is 16.2. The molecule has 0 spiro atoms. The molecule has 2 N–H and O–H groups in total. The zero-order valence-electron chi connectivity index (χ0n) is 24.5. The van der Waals surface area contributed by atoms with Gasteiger partial charge in [-0.3, -0.25) is 19.8 Å². The number of nitrogens with zero attached hydrogens (tertiary/aromatic N) is 6. The molecule has 0 amide bonds. The second-order valence-corrected chi connectivity index (χ2v) is 12.3. The van der Waals surface area contributed by atoms with Crippen molar-refractivity contribution in [2.75, 3.05) is 50.9 Å². The molecular formula is C32H36Cl2N8. The summed E-state index contributed by atoms with van der Waals surface area (Å²) in [6.07, 6.45) is 3.61. The molecule has 0 atom stereocenters. The summed E-state index contributed by atoms with van der Waals surface area (Å²) in [6.45, 7) is 10.4. The Bertz CT molecular complexity index is 1480. The number of likely N-dealkylation sites (tertiary alicyclic amines) is 2. The molecule has 0 aliphatic carbocycles. The van der Waals surface area contributed by atoms with Gasteiger partial charge < -0.3 is 10.6 Å². The first kappa shape index (κ1) is 28.8. The van der Waals surface area contributed by atoms with Gasteiger partial charge >= 0.3 is 0 Å². The fourth-order valence-electron chi connectivity index (χ4n) is 5.93. The quantitative estimate of drug-likeness (QED) is 0.223. The van der Waals surface area contributed by atoms with Crippen LogP contribution in [0.15, 0.2) is 48.8 Å². The van der Waals surface area contributed by atoms with Gasteiger partial charge in [0, 0.05) is 75.6 Å². The van der Waals surface area contributed by atoms with Crippen LogP contribution in [0.25, 0.3) is 33.6 Å². The minimum atomic E-state index is 0.568. The summed E-state index contributed by atoms with van der Waals surface area (Å²) >= 11 is 14.1. The molecule has 2 saturated heterocycles. The Balaban J connectivity index is 1.30. The lowest BCUT2D eigenvalue weighted by Gasteiger charge is -2.37. The first-order chi connectivity index (χ1) is 20.3. The highest BCUT2D eigenvalue weighted by Crippen LogP contribution is 2.42. The maximum absolute atomic E-state index is 7.06. The summed E-state index contributed by atoms with van der Waals surface area (Å²) in [6, 6.07) is 11.8. The van der Waals surface area contributed by atoms with E-state index >= 15 is 0 Å². The smallest absolute Gasteiger partial charge is 0.149 e. The maximum Gasteiger partial charge on any atom is 0.149 e. The number of hydrogen-bond acceptors (Lipinski definition) is 8. The Morgan fingerprint density at radius 1 is 0.667 bits per heavy atom. The Kier molecular flexibility index (Phi) is 8.32. The SMILES string of the molecule is CNc1nc(-c2cccc(-c3cccc(-c4cnc(CN5CC(C)C5)c(NC)n4)c3Cl)c2Cl)cnc1CN1CC(C)C1. The van der Waals surface area contributed by atoms with Crippen molar-refractivity contribution in [3.05, 3.63) is 70.2 Å². The van der Waals surface area contributed by atoms with Crippen LogP contribution in [-0.4, -0.2) is 70.0 Å². The molecule has 2 aromatic carbocycles. The van der Waals surface area contributed by atoms with E-state index in [2.05, 4.69) is 34.3 Å². The zero-order valence-corrected chi connectivity index (χ0v) is 26.0. The average Bonchev–Trinajstić information content (AvgIpc) is 2.96. The monoisotopic (exact) mass is 602 g/mol. The van der Waals surface area contributed by atoms with Crippen molar-refractivity contribution in [1.82, 2.24) is 29.7 Å². The van der Waals surface area contributed by atoms with Crippen LogP contribution in [0.2, 0.25) is 10.0 Å². The van der Waals surface area contributed by atoms with Gasteiger partial charge in [-0.25, -0.2) is 9.97 Å². The molecule has 218 valence electrons. The molecule has 6 rings (SSSR count). The van der Waals surface area contributed by atoms with Gasteiger partial charge in [0.1, 0.15) is 11.6 Å². The highest BCUT2D eigenvalue weighted by atomic mass is 35.5. The van der Waals surface area contributed by atoms with Crippen molar-refractivity contribution < 1.29 is 0 Å². The molecule has 0 bridgehead atoms. The van der Waals surface area contributed by atoms with Crippen LogP contribution in [0.4, 0.5) is 11.6 Å². The van der Waals surface area contributed by atoms with Crippen LogP contribution in [-0.2, 0) is 13.1 Å². The number of aromatic nitrogens is 4. The van der Waals surface area contributed by atoms with E-state index in [1.165, 1.54) is 0 Å². The summed E-state index contributed by atoms with van der Waals surface area (Å²) in [4.78, 5) is 24.1. The number of anilines is 2. The van der Waals surface area contributed by atoms with Crippen molar-refractivity contribution in [2.45, 2.75) is 26.9 Å². The van der Waals surface area contributed by atoms with Crippen molar-refractivity contribution in [1.29, 1.82) is 0 Å². The summed E-state index contributed by atoms with van der Waals surface area (Å²) in [5.41, 5.74) is 6.51. The third-order valence-electron chi connectivity index (χ3n) is 8.04. The maximum atomic E-state index is 7.06. The van der Waals surface area contributed by atoms with E-state index in [-0.39, 0.29) is 0 Å². The standard InChI is InChI=1S/C32H36Cl2N8/c1-19-13-41(14-19)17-27-31(35-3)39-25(11-37-27)23-9-5-7-21(29(23)33)22-8-6-10-24(30(22)34)26-12-38-28(32(36-4)40-26)18-42-15-20(2)16-42/h5-12,19-20H,13-18H2,1-4H3,(H,35,39)(H,36,40). The van der Waals surface area contributed by atoms with Crippen LogP contribution in [0.1, 0.15) is 25.2 Å². The summed E-state index contributed by atoms with van der Waals surface area (Å²) in [7, 11) is 3.75. The second-order valence-electron chi connectivity index (χ2n) is 11.5. The molecule has 10 heteroatoms. The topological polar surface area (TPSA) is 82.1 Å². The van der Waals surface area contributed by atoms with E-state index < -0.39 is 0 Å². The van der Waals surface area contributed by atoms with Gasteiger partial charge in [-0.15, -0.1) is 0 Å². The predicted octanol–water partition coefficient (Wildman–Crippen LogP) is 6.56. The molecular weight excluding hydrogens is 567 g/mol. The summed E-state index contributed by atoms with van der Waals surface area (Å²) in [5.74, 6) is 3.00. The number of halogens is 2. The minimum absolute atomic E-state index is 0.568. The average molecular weight is 604 g/mol. The Labute approximate surface area is 257 Å². The van der Waals surface area contributed by atoms with Crippen molar-refractivity contribution in [2.24, 2.45) is 11.8 Å². The Morgan fingerprint density at radius 3 is 1.40 bits per heavy atom. The molecule has 42 heavy (non-hydrogen) atoms. The molecule has 8 nitrogen and oxygen atoms in total. The largest absolute Gasteiger partial charge is 0.372 e. The highest BCUT2D eigenvalue weighted by molar-refractivity contribution is 6.39. The van der Waals surface area contributed by atoms with Gasteiger partial charge in [0.15, 0.2) is 0 Å². The van der Waals surface area contributed by atoms with Gasteiger partial charge in [0.25, 0.3) is 0 Å². The fourth-order valence-corrected chi connectivity index (χ4v) is 6.58. The van der Waals surface area contributed by atoms with Gasteiger partial charge in [0.2, 0.25) is 0 Å². The van der Waals surface area contributed by atoms with Crippen molar-refractivity contribution >= 4 is 34.8 Å². The molecule has 2 aliphatic rings. The van der Waals surface area contributed by atoms with Crippen LogP contribution >= 0.6 is 23.2 Å². The molecule has 0 saturated carbocycles. The van der Waals surface area contributed by atoms with E-state index in [9.17, 15) is 0 Å². The van der Waals surface area contributed by atoms with Crippen LogP contribution in [0, 0.1) is 11.8 Å². The van der Waals surface area contributed by atoms with Crippen LogP contribution < -0.4 is 10.6 Å². The van der Waals surface area contributed by atoms with Gasteiger partial charge in [-0.1, -0.05) is 73.4 Å². The van der Waals surface area contributed by atoms with Crippen molar-refractivity contribution in [3.8, 4) is 33.6 Å². The first-order valence-electron chi connectivity index (χ1n) is 14.4. The third-order valence-corrected chi connectivity index (χ3v) is 8.85. The Morgan fingerprint density at radius 2 is 1.05 bits per heavy atom. The lowest BCUT2D eigenvalue weighted by Crippen LogP contribution is -2.44. The highest BCUT2D eigenvalue weighted by Gasteiger charge is 2.26.